The lowest BCUT2D eigenvalue weighted by Crippen LogP contribution is -2.41. The Hall–Kier alpha value is -0.520. The van der Waals surface area contributed by atoms with Gasteiger partial charge in [0.15, 0.2) is 0 Å². The first-order valence-electron chi connectivity index (χ1n) is 6.08. The number of hydrogen-bond donors (Lipinski definition) is 1. The van der Waals surface area contributed by atoms with Crippen molar-refractivity contribution < 1.29 is 4.74 Å². The maximum Gasteiger partial charge on any atom is 0.0737 e. The molecule has 0 aromatic heterocycles. The van der Waals surface area contributed by atoms with Crippen molar-refractivity contribution in [3.8, 4) is 12.3 Å². The minimum atomic E-state index is 0.266. The van der Waals surface area contributed by atoms with Crippen molar-refractivity contribution >= 4 is 0 Å². The third-order valence-electron chi connectivity index (χ3n) is 2.40. The maximum atomic E-state index is 5.74. The van der Waals surface area contributed by atoms with E-state index in [9.17, 15) is 0 Å². The van der Waals surface area contributed by atoms with Gasteiger partial charge in [-0.2, -0.15) is 0 Å². The minimum Gasteiger partial charge on any atom is -0.377 e. The molecule has 15 heavy (non-hydrogen) atoms. The highest BCUT2D eigenvalue weighted by atomic mass is 16.5. The van der Waals surface area contributed by atoms with Crippen LogP contribution in [0, 0.1) is 12.3 Å². The average Bonchev–Trinajstić information content (AvgIpc) is 2.24. The number of rotatable bonds is 9. The molecular weight excluding hydrogens is 186 g/mol. The number of nitrogens with one attached hydrogen (secondary N) is 1. The molecule has 1 N–H and O–H groups in total. The standard InChI is InChI=1S/C13H25NO/c1-5-9-12(14-11-7-3)13(10-6-2)15-8-4/h1,12-14H,6-11H2,2-4H3. The predicted molar refractivity (Wildman–Crippen MR) is 65.9 cm³/mol. The number of terminal acetylenes is 1. The Morgan fingerprint density at radius 1 is 1.27 bits per heavy atom. The zero-order valence-electron chi connectivity index (χ0n) is 10.4. The summed E-state index contributed by atoms with van der Waals surface area (Å²) in [6.45, 7) is 8.16. The highest BCUT2D eigenvalue weighted by Crippen LogP contribution is 2.10. The fourth-order valence-electron chi connectivity index (χ4n) is 1.69. The predicted octanol–water partition coefficient (Wildman–Crippen LogP) is 2.58. The Morgan fingerprint density at radius 3 is 2.47 bits per heavy atom. The summed E-state index contributed by atoms with van der Waals surface area (Å²) in [7, 11) is 0. The summed E-state index contributed by atoms with van der Waals surface area (Å²) in [5.41, 5.74) is 0. The van der Waals surface area contributed by atoms with Crippen LogP contribution in [0.15, 0.2) is 0 Å². The fraction of sp³-hybridized carbons (Fsp3) is 0.846. The first kappa shape index (κ1) is 14.5. The van der Waals surface area contributed by atoms with E-state index in [0.717, 1.165) is 38.8 Å². The van der Waals surface area contributed by atoms with Crippen LogP contribution in [0.25, 0.3) is 0 Å². The van der Waals surface area contributed by atoms with Gasteiger partial charge in [-0.25, -0.2) is 0 Å². The monoisotopic (exact) mass is 211 g/mol. The Kier molecular flexibility index (Phi) is 9.67. The van der Waals surface area contributed by atoms with Crippen LogP contribution in [0.1, 0.15) is 46.5 Å². The Balaban J connectivity index is 4.17. The van der Waals surface area contributed by atoms with Crippen LogP contribution >= 0.6 is 0 Å². The molecule has 0 aromatic rings. The van der Waals surface area contributed by atoms with Crippen molar-refractivity contribution in [1.29, 1.82) is 0 Å². The largest absolute Gasteiger partial charge is 0.377 e. The molecule has 2 atom stereocenters. The lowest BCUT2D eigenvalue weighted by atomic mass is 10.0. The molecule has 88 valence electrons. The summed E-state index contributed by atoms with van der Waals surface area (Å²) in [6.07, 6.45) is 9.76. The zero-order valence-corrected chi connectivity index (χ0v) is 10.4. The molecule has 0 radical (unpaired) electrons. The average molecular weight is 211 g/mol. The molecule has 0 aliphatic carbocycles. The van der Waals surface area contributed by atoms with Crippen molar-refractivity contribution in [3.63, 3.8) is 0 Å². The lowest BCUT2D eigenvalue weighted by molar-refractivity contribution is 0.0294. The molecule has 0 rings (SSSR count). The third kappa shape index (κ3) is 6.54. The first-order chi connectivity index (χ1) is 7.29. The highest BCUT2D eigenvalue weighted by molar-refractivity contribution is 4.93. The summed E-state index contributed by atoms with van der Waals surface area (Å²) in [5.74, 6) is 2.73. The van der Waals surface area contributed by atoms with Gasteiger partial charge in [-0.3, -0.25) is 0 Å². The normalized spacial score (nSPS) is 14.5. The lowest BCUT2D eigenvalue weighted by Gasteiger charge is -2.26. The number of hydrogen-bond acceptors (Lipinski definition) is 2. The van der Waals surface area contributed by atoms with E-state index in [-0.39, 0.29) is 6.10 Å². The van der Waals surface area contributed by atoms with Gasteiger partial charge in [0, 0.05) is 19.1 Å². The topological polar surface area (TPSA) is 21.3 Å². The first-order valence-corrected chi connectivity index (χ1v) is 6.08. The zero-order chi connectivity index (χ0) is 11.5. The van der Waals surface area contributed by atoms with Crippen LogP contribution in [0.4, 0.5) is 0 Å². The summed E-state index contributed by atoms with van der Waals surface area (Å²) in [6, 6.07) is 0.315. The second kappa shape index (κ2) is 10.0. The van der Waals surface area contributed by atoms with E-state index in [1.807, 2.05) is 6.92 Å². The summed E-state index contributed by atoms with van der Waals surface area (Å²) < 4.78 is 5.74. The van der Waals surface area contributed by atoms with Crippen LogP contribution in [-0.4, -0.2) is 25.3 Å². The van der Waals surface area contributed by atoms with Gasteiger partial charge < -0.3 is 10.1 Å². The molecule has 0 saturated carbocycles. The van der Waals surface area contributed by atoms with Gasteiger partial charge in [0.1, 0.15) is 0 Å². The smallest absolute Gasteiger partial charge is 0.0737 e. The van der Waals surface area contributed by atoms with Gasteiger partial charge in [0.25, 0.3) is 0 Å². The van der Waals surface area contributed by atoms with Crippen LogP contribution in [-0.2, 0) is 4.74 Å². The van der Waals surface area contributed by atoms with Gasteiger partial charge >= 0.3 is 0 Å². The van der Waals surface area contributed by atoms with Crippen molar-refractivity contribution in [2.45, 2.75) is 58.6 Å². The van der Waals surface area contributed by atoms with Gasteiger partial charge in [-0.15, -0.1) is 12.3 Å². The van der Waals surface area contributed by atoms with E-state index < -0.39 is 0 Å². The second-order valence-corrected chi connectivity index (χ2v) is 3.75. The molecule has 0 fully saturated rings. The van der Waals surface area contributed by atoms with Gasteiger partial charge in [0.05, 0.1) is 6.10 Å². The number of ether oxygens (including phenoxy) is 1. The van der Waals surface area contributed by atoms with E-state index in [0.29, 0.717) is 6.04 Å². The molecule has 0 aliphatic heterocycles. The van der Waals surface area contributed by atoms with Crippen molar-refractivity contribution in [1.82, 2.24) is 5.32 Å². The minimum absolute atomic E-state index is 0.266. The van der Waals surface area contributed by atoms with Crippen molar-refractivity contribution in [2.24, 2.45) is 0 Å². The molecule has 2 nitrogen and oxygen atoms in total. The van der Waals surface area contributed by atoms with E-state index in [2.05, 4.69) is 25.1 Å². The quantitative estimate of drug-likeness (QED) is 0.592. The van der Waals surface area contributed by atoms with Crippen molar-refractivity contribution in [2.75, 3.05) is 13.2 Å². The molecule has 0 bridgehead atoms. The molecular formula is C13H25NO. The van der Waals surface area contributed by atoms with Crippen LogP contribution in [0.5, 0.6) is 0 Å². The van der Waals surface area contributed by atoms with Gasteiger partial charge in [-0.1, -0.05) is 20.3 Å². The molecule has 0 spiro atoms. The van der Waals surface area contributed by atoms with Crippen LogP contribution in [0.3, 0.4) is 0 Å². The second-order valence-electron chi connectivity index (χ2n) is 3.75. The van der Waals surface area contributed by atoms with Gasteiger partial charge in [-0.05, 0) is 26.3 Å². The van der Waals surface area contributed by atoms with Gasteiger partial charge in [0.2, 0.25) is 0 Å². The Morgan fingerprint density at radius 2 is 2.00 bits per heavy atom. The van der Waals surface area contributed by atoms with E-state index >= 15 is 0 Å². The molecule has 0 aliphatic rings. The van der Waals surface area contributed by atoms with Crippen molar-refractivity contribution in [3.05, 3.63) is 0 Å². The van der Waals surface area contributed by atoms with E-state index in [4.69, 9.17) is 11.2 Å². The summed E-state index contributed by atoms with van der Waals surface area (Å²) >= 11 is 0. The summed E-state index contributed by atoms with van der Waals surface area (Å²) in [5, 5.41) is 3.47. The third-order valence-corrected chi connectivity index (χ3v) is 2.40. The molecule has 0 amide bonds. The Labute approximate surface area is 94.8 Å². The molecule has 2 heteroatoms. The maximum absolute atomic E-state index is 5.74. The molecule has 0 aromatic carbocycles. The summed E-state index contributed by atoms with van der Waals surface area (Å²) in [4.78, 5) is 0. The fourth-order valence-corrected chi connectivity index (χ4v) is 1.69. The van der Waals surface area contributed by atoms with Crippen LogP contribution in [0.2, 0.25) is 0 Å². The molecule has 0 heterocycles. The SMILES string of the molecule is C#CCC(NCCC)C(CCC)OCC. The van der Waals surface area contributed by atoms with E-state index in [1.54, 1.807) is 0 Å². The Bertz CT molecular complexity index is 168. The molecule has 0 saturated heterocycles. The van der Waals surface area contributed by atoms with Crippen LogP contribution < -0.4 is 5.32 Å². The highest BCUT2D eigenvalue weighted by Gasteiger charge is 2.19. The van der Waals surface area contributed by atoms with E-state index in [1.165, 1.54) is 0 Å². The molecule has 2 unspecified atom stereocenters.